The van der Waals surface area contributed by atoms with Gasteiger partial charge in [-0.05, 0) is 24.8 Å². The van der Waals surface area contributed by atoms with Gasteiger partial charge in [-0.2, -0.15) is 0 Å². The average Bonchev–Trinajstić information content (AvgIpc) is 1.90. The van der Waals surface area contributed by atoms with Crippen molar-refractivity contribution in [3.63, 3.8) is 0 Å². The van der Waals surface area contributed by atoms with Crippen LogP contribution < -0.4 is 0 Å². The minimum absolute atomic E-state index is 0.788. The topological polar surface area (TPSA) is 0 Å². The Balaban J connectivity index is 2.40. The van der Waals surface area contributed by atoms with Crippen LogP contribution in [0.15, 0.2) is 18.2 Å². The lowest BCUT2D eigenvalue weighted by Crippen LogP contribution is -1.93. The number of rotatable bonds is 1. The number of hydrogen-bond donors (Lipinski definition) is 0. The smallest absolute Gasteiger partial charge is 0.0198 e. The van der Waals surface area contributed by atoms with Crippen molar-refractivity contribution < 1.29 is 0 Å². The van der Waals surface area contributed by atoms with Crippen molar-refractivity contribution in [3.05, 3.63) is 24.3 Å². The summed E-state index contributed by atoms with van der Waals surface area (Å²) in [6, 6.07) is 0. The van der Waals surface area contributed by atoms with E-state index in [0.717, 1.165) is 5.92 Å². The van der Waals surface area contributed by atoms with Crippen molar-refractivity contribution >= 4 is 0 Å². The van der Waals surface area contributed by atoms with E-state index in [1.807, 2.05) is 6.08 Å². The lowest BCUT2D eigenvalue weighted by Gasteiger charge is -2.07. The summed E-state index contributed by atoms with van der Waals surface area (Å²) in [5, 5.41) is 0. The predicted octanol–water partition coefficient (Wildman–Crippen LogP) is 2.33. The summed E-state index contributed by atoms with van der Waals surface area (Å²) in [7, 11) is 0. The SMILES string of the molecule is CCC1C=C[C]=CC1. The molecule has 1 atom stereocenters. The minimum atomic E-state index is 0.788. The Morgan fingerprint density at radius 3 is 3.00 bits per heavy atom. The van der Waals surface area contributed by atoms with Crippen LogP contribution in [-0.2, 0) is 0 Å². The molecule has 8 heavy (non-hydrogen) atoms. The molecule has 1 aliphatic rings. The molecule has 0 N–H and O–H groups in total. The van der Waals surface area contributed by atoms with Crippen molar-refractivity contribution in [1.82, 2.24) is 0 Å². The molecule has 1 radical (unpaired) electrons. The van der Waals surface area contributed by atoms with Gasteiger partial charge in [0.2, 0.25) is 0 Å². The first kappa shape index (κ1) is 5.61. The van der Waals surface area contributed by atoms with Crippen LogP contribution in [0.1, 0.15) is 19.8 Å². The third kappa shape index (κ3) is 1.22. The van der Waals surface area contributed by atoms with E-state index in [9.17, 15) is 0 Å². The summed E-state index contributed by atoms with van der Waals surface area (Å²) in [5.41, 5.74) is 0. The van der Waals surface area contributed by atoms with Gasteiger partial charge in [-0.25, -0.2) is 0 Å². The fraction of sp³-hybridized carbons (Fsp3) is 0.500. The Morgan fingerprint density at radius 1 is 1.75 bits per heavy atom. The zero-order valence-electron chi connectivity index (χ0n) is 5.22. The fourth-order valence-corrected chi connectivity index (χ4v) is 0.860. The second kappa shape index (κ2) is 2.71. The van der Waals surface area contributed by atoms with Gasteiger partial charge in [-0.15, -0.1) is 0 Å². The van der Waals surface area contributed by atoms with Gasteiger partial charge in [0, 0.05) is 0 Å². The van der Waals surface area contributed by atoms with Crippen molar-refractivity contribution in [3.8, 4) is 0 Å². The maximum atomic E-state index is 3.04. The highest BCUT2D eigenvalue weighted by molar-refractivity contribution is 5.04. The molecule has 0 nitrogen and oxygen atoms in total. The summed E-state index contributed by atoms with van der Waals surface area (Å²) in [6.45, 7) is 2.22. The van der Waals surface area contributed by atoms with E-state index in [4.69, 9.17) is 0 Å². The lowest BCUT2D eigenvalue weighted by molar-refractivity contribution is 0.631. The highest BCUT2D eigenvalue weighted by Gasteiger charge is 1.99. The van der Waals surface area contributed by atoms with Gasteiger partial charge in [-0.3, -0.25) is 0 Å². The highest BCUT2D eigenvalue weighted by atomic mass is 14.0. The lowest BCUT2D eigenvalue weighted by atomic mass is 9.99. The molecule has 0 fully saturated rings. The van der Waals surface area contributed by atoms with E-state index >= 15 is 0 Å². The number of hydrogen-bond acceptors (Lipinski definition) is 0. The van der Waals surface area contributed by atoms with Gasteiger partial charge in [0.05, 0.1) is 0 Å². The first-order valence-corrected chi connectivity index (χ1v) is 3.18. The Morgan fingerprint density at radius 2 is 2.62 bits per heavy atom. The second-order valence-electron chi connectivity index (χ2n) is 2.13. The van der Waals surface area contributed by atoms with Crippen LogP contribution >= 0.6 is 0 Å². The third-order valence-corrected chi connectivity index (χ3v) is 1.53. The maximum absolute atomic E-state index is 3.04. The molecule has 0 spiro atoms. The number of allylic oxidation sites excluding steroid dienone is 4. The van der Waals surface area contributed by atoms with Crippen LogP contribution in [0.2, 0.25) is 0 Å². The minimum Gasteiger partial charge on any atom is -0.0805 e. The largest absolute Gasteiger partial charge is 0.0805 e. The van der Waals surface area contributed by atoms with Crippen molar-refractivity contribution in [1.29, 1.82) is 0 Å². The van der Waals surface area contributed by atoms with Crippen LogP contribution in [0, 0.1) is 12.0 Å². The third-order valence-electron chi connectivity index (χ3n) is 1.53. The normalized spacial score (nSPS) is 26.4. The molecule has 0 aromatic heterocycles. The van der Waals surface area contributed by atoms with E-state index in [1.165, 1.54) is 12.8 Å². The molecule has 43 valence electrons. The van der Waals surface area contributed by atoms with Crippen LogP contribution in [-0.4, -0.2) is 0 Å². The zero-order chi connectivity index (χ0) is 5.82. The van der Waals surface area contributed by atoms with E-state index < -0.39 is 0 Å². The molecular formula is C8H11. The molecule has 0 saturated heterocycles. The van der Waals surface area contributed by atoms with E-state index in [1.54, 1.807) is 0 Å². The predicted molar refractivity (Wildman–Crippen MR) is 35.4 cm³/mol. The fourth-order valence-electron chi connectivity index (χ4n) is 0.860. The first-order chi connectivity index (χ1) is 3.93. The quantitative estimate of drug-likeness (QED) is 0.482. The van der Waals surface area contributed by atoms with Crippen LogP contribution in [0.5, 0.6) is 0 Å². The van der Waals surface area contributed by atoms with Gasteiger partial charge in [0.15, 0.2) is 0 Å². The molecule has 0 amide bonds. The molecule has 0 aromatic rings. The summed E-state index contributed by atoms with van der Waals surface area (Å²) in [5.74, 6) is 0.788. The van der Waals surface area contributed by atoms with Crippen LogP contribution in [0.3, 0.4) is 0 Å². The summed E-state index contributed by atoms with van der Waals surface area (Å²) in [6.07, 6.45) is 11.8. The van der Waals surface area contributed by atoms with Crippen molar-refractivity contribution in [2.75, 3.05) is 0 Å². The van der Waals surface area contributed by atoms with Gasteiger partial charge < -0.3 is 0 Å². The molecule has 0 aromatic carbocycles. The average molecular weight is 107 g/mol. The molecule has 0 aliphatic heterocycles. The molecular weight excluding hydrogens is 96.1 g/mol. The molecule has 0 heteroatoms. The van der Waals surface area contributed by atoms with E-state index in [0.29, 0.717) is 0 Å². The summed E-state index contributed by atoms with van der Waals surface area (Å²) < 4.78 is 0. The maximum Gasteiger partial charge on any atom is -0.0198 e. The molecule has 1 aliphatic carbocycles. The van der Waals surface area contributed by atoms with E-state index in [-0.39, 0.29) is 0 Å². The van der Waals surface area contributed by atoms with Gasteiger partial charge in [-0.1, -0.05) is 25.2 Å². The Labute approximate surface area is 50.9 Å². The first-order valence-electron chi connectivity index (χ1n) is 3.18. The monoisotopic (exact) mass is 107 g/mol. The van der Waals surface area contributed by atoms with Crippen molar-refractivity contribution in [2.45, 2.75) is 19.8 Å². The summed E-state index contributed by atoms with van der Waals surface area (Å²) >= 11 is 0. The molecule has 0 bridgehead atoms. The Bertz CT molecular complexity index is 109. The molecule has 0 saturated carbocycles. The standard InChI is InChI=1S/C8H11/c1-2-8-6-4-3-5-7-8/h4-6,8H,2,7H2,1H3. The van der Waals surface area contributed by atoms with Gasteiger partial charge in [0.1, 0.15) is 0 Å². The van der Waals surface area contributed by atoms with Crippen LogP contribution in [0.4, 0.5) is 0 Å². The second-order valence-corrected chi connectivity index (χ2v) is 2.13. The van der Waals surface area contributed by atoms with Crippen LogP contribution in [0.25, 0.3) is 0 Å². The molecule has 1 unspecified atom stereocenters. The highest BCUT2D eigenvalue weighted by Crippen LogP contribution is 2.13. The van der Waals surface area contributed by atoms with Crippen molar-refractivity contribution in [2.24, 2.45) is 5.92 Å². The Kier molecular flexibility index (Phi) is 1.90. The molecule has 1 rings (SSSR count). The Hall–Kier alpha value is -0.520. The summed E-state index contributed by atoms with van der Waals surface area (Å²) in [4.78, 5) is 0. The van der Waals surface area contributed by atoms with Gasteiger partial charge >= 0.3 is 0 Å². The van der Waals surface area contributed by atoms with Gasteiger partial charge in [0.25, 0.3) is 0 Å². The molecule has 0 heterocycles. The van der Waals surface area contributed by atoms with E-state index in [2.05, 4.69) is 25.2 Å². The zero-order valence-corrected chi connectivity index (χ0v) is 5.22.